The lowest BCUT2D eigenvalue weighted by Crippen LogP contribution is -2.45. The normalized spacial score (nSPS) is 13.2. The van der Waals surface area contributed by atoms with Crippen LogP contribution in [0.1, 0.15) is 22.8 Å². The standard InChI is InChI=1S/C18H17FO3/c1-2-22-17(21)18(19,13-14-9-5-3-6-10-14)16(20)15-11-7-4-8-12-15/h3-12H,2,13H2,1H3. The molecule has 0 amide bonds. The summed E-state index contributed by atoms with van der Waals surface area (Å²) in [6, 6.07) is 16.5. The first-order valence-electron chi connectivity index (χ1n) is 7.08. The SMILES string of the molecule is CCOC(=O)C(F)(Cc1ccccc1)C(=O)c1ccccc1. The van der Waals surface area contributed by atoms with Crippen LogP contribution >= 0.6 is 0 Å². The molecule has 1 atom stereocenters. The van der Waals surface area contributed by atoms with Crippen LogP contribution < -0.4 is 0 Å². The molecule has 0 aromatic heterocycles. The minimum atomic E-state index is -2.72. The van der Waals surface area contributed by atoms with Crippen LogP contribution in [0.4, 0.5) is 4.39 Å². The zero-order valence-corrected chi connectivity index (χ0v) is 12.3. The molecule has 2 rings (SSSR count). The van der Waals surface area contributed by atoms with E-state index in [0.717, 1.165) is 0 Å². The minimum Gasteiger partial charge on any atom is -0.463 e. The first kappa shape index (κ1) is 15.9. The Hall–Kier alpha value is -2.49. The van der Waals surface area contributed by atoms with Crippen LogP contribution in [-0.2, 0) is 16.0 Å². The number of Topliss-reactive ketones (excluding diaryl/α,β-unsaturated/α-hetero) is 1. The molecular formula is C18H17FO3. The molecule has 0 saturated carbocycles. The van der Waals surface area contributed by atoms with E-state index in [2.05, 4.69) is 0 Å². The lowest BCUT2D eigenvalue weighted by atomic mass is 9.88. The second-order valence-corrected chi connectivity index (χ2v) is 4.88. The zero-order valence-electron chi connectivity index (χ0n) is 12.3. The van der Waals surface area contributed by atoms with Crippen molar-refractivity contribution in [3.05, 3.63) is 71.8 Å². The molecule has 0 aliphatic rings. The van der Waals surface area contributed by atoms with Gasteiger partial charge in [0.25, 0.3) is 5.67 Å². The molecule has 0 heterocycles. The molecule has 0 spiro atoms. The smallest absolute Gasteiger partial charge is 0.352 e. The van der Waals surface area contributed by atoms with Crippen molar-refractivity contribution < 1.29 is 18.7 Å². The van der Waals surface area contributed by atoms with Gasteiger partial charge in [-0.3, -0.25) is 4.79 Å². The molecule has 0 saturated heterocycles. The van der Waals surface area contributed by atoms with Crippen LogP contribution in [0.2, 0.25) is 0 Å². The number of ether oxygens (including phenoxy) is 1. The summed E-state index contributed by atoms with van der Waals surface area (Å²) in [5.41, 5.74) is -2.02. The van der Waals surface area contributed by atoms with Gasteiger partial charge in [-0.15, -0.1) is 0 Å². The van der Waals surface area contributed by atoms with E-state index in [-0.39, 0.29) is 18.6 Å². The lowest BCUT2D eigenvalue weighted by molar-refractivity contribution is -0.153. The van der Waals surface area contributed by atoms with Gasteiger partial charge >= 0.3 is 5.97 Å². The minimum absolute atomic E-state index is 0.0152. The van der Waals surface area contributed by atoms with E-state index in [9.17, 15) is 9.59 Å². The van der Waals surface area contributed by atoms with Crippen LogP contribution in [0.5, 0.6) is 0 Å². The molecule has 2 aromatic rings. The molecule has 0 fully saturated rings. The molecule has 0 radical (unpaired) electrons. The second-order valence-electron chi connectivity index (χ2n) is 4.88. The van der Waals surface area contributed by atoms with Gasteiger partial charge in [0.15, 0.2) is 0 Å². The summed E-state index contributed by atoms with van der Waals surface area (Å²) in [4.78, 5) is 24.6. The largest absolute Gasteiger partial charge is 0.463 e. The Labute approximate surface area is 128 Å². The van der Waals surface area contributed by atoms with Gasteiger partial charge in [0, 0.05) is 12.0 Å². The van der Waals surface area contributed by atoms with Gasteiger partial charge in [0.1, 0.15) is 0 Å². The van der Waals surface area contributed by atoms with Crippen LogP contribution in [0.25, 0.3) is 0 Å². The molecule has 22 heavy (non-hydrogen) atoms. The fourth-order valence-electron chi connectivity index (χ4n) is 2.19. The average Bonchev–Trinajstić information content (AvgIpc) is 2.56. The Bertz CT molecular complexity index is 640. The summed E-state index contributed by atoms with van der Waals surface area (Å²) in [6.45, 7) is 1.59. The van der Waals surface area contributed by atoms with Gasteiger partial charge in [0.2, 0.25) is 5.78 Å². The van der Waals surface area contributed by atoms with Gasteiger partial charge < -0.3 is 4.74 Å². The highest BCUT2D eigenvalue weighted by Gasteiger charge is 2.48. The fourth-order valence-corrected chi connectivity index (χ4v) is 2.19. The Kier molecular flexibility index (Phi) is 5.04. The Balaban J connectivity index is 2.37. The number of alkyl halides is 1. The predicted octanol–water partition coefficient (Wildman–Crippen LogP) is 3.38. The van der Waals surface area contributed by atoms with Crippen LogP contribution in [0.3, 0.4) is 0 Å². The van der Waals surface area contributed by atoms with Gasteiger partial charge in [-0.05, 0) is 12.5 Å². The third-order valence-electron chi connectivity index (χ3n) is 3.29. The molecular weight excluding hydrogens is 283 g/mol. The highest BCUT2D eigenvalue weighted by molar-refractivity contribution is 6.15. The quantitative estimate of drug-likeness (QED) is 0.466. The van der Waals surface area contributed by atoms with Crippen LogP contribution in [0.15, 0.2) is 60.7 Å². The van der Waals surface area contributed by atoms with E-state index in [4.69, 9.17) is 4.74 Å². The third kappa shape index (κ3) is 3.39. The van der Waals surface area contributed by atoms with Gasteiger partial charge in [-0.25, -0.2) is 9.18 Å². The van der Waals surface area contributed by atoms with Crippen molar-refractivity contribution in [2.24, 2.45) is 0 Å². The number of rotatable bonds is 6. The van der Waals surface area contributed by atoms with E-state index in [0.29, 0.717) is 5.56 Å². The Morgan fingerprint density at radius 3 is 2.09 bits per heavy atom. The molecule has 3 nitrogen and oxygen atoms in total. The highest BCUT2D eigenvalue weighted by atomic mass is 19.1. The summed E-state index contributed by atoms with van der Waals surface area (Å²) in [5, 5.41) is 0. The average molecular weight is 300 g/mol. The first-order valence-corrected chi connectivity index (χ1v) is 7.08. The zero-order chi connectivity index (χ0) is 16.0. The Morgan fingerprint density at radius 2 is 1.55 bits per heavy atom. The number of hydrogen-bond donors (Lipinski definition) is 0. The van der Waals surface area contributed by atoms with Crippen LogP contribution in [0, 0.1) is 0 Å². The van der Waals surface area contributed by atoms with Crippen molar-refractivity contribution in [3.63, 3.8) is 0 Å². The van der Waals surface area contributed by atoms with Crippen molar-refractivity contribution in [2.45, 2.75) is 19.0 Å². The topological polar surface area (TPSA) is 43.4 Å². The number of halogens is 1. The van der Waals surface area contributed by atoms with E-state index in [1.54, 1.807) is 55.5 Å². The lowest BCUT2D eigenvalue weighted by Gasteiger charge is -2.22. The van der Waals surface area contributed by atoms with E-state index in [1.165, 1.54) is 12.1 Å². The van der Waals surface area contributed by atoms with E-state index < -0.39 is 17.4 Å². The predicted molar refractivity (Wildman–Crippen MR) is 81.4 cm³/mol. The molecule has 0 aliphatic carbocycles. The van der Waals surface area contributed by atoms with E-state index >= 15 is 4.39 Å². The summed E-state index contributed by atoms with van der Waals surface area (Å²) < 4.78 is 20.1. The number of esters is 1. The number of carbonyl (C=O) groups excluding carboxylic acids is 2. The molecule has 1 unspecified atom stereocenters. The molecule has 114 valence electrons. The van der Waals surface area contributed by atoms with Crippen molar-refractivity contribution in [2.75, 3.05) is 6.61 Å². The summed E-state index contributed by atoms with van der Waals surface area (Å²) >= 11 is 0. The van der Waals surface area contributed by atoms with Gasteiger partial charge in [-0.1, -0.05) is 60.7 Å². The monoisotopic (exact) mass is 300 g/mol. The maximum atomic E-state index is 15.3. The summed E-state index contributed by atoms with van der Waals surface area (Å²) in [7, 11) is 0. The highest BCUT2D eigenvalue weighted by Crippen LogP contribution is 2.25. The fraction of sp³-hybridized carbons (Fsp3) is 0.222. The number of carbonyl (C=O) groups is 2. The molecule has 0 N–H and O–H groups in total. The maximum Gasteiger partial charge on any atom is 0.352 e. The second kappa shape index (κ2) is 6.98. The number of hydrogen-bond acceptors (Lipinski definition) is 3. The maximum absolute atomic E-state index is 15.3. The van der Waals surface area contributed by atoms with Gasteiger partial charge in [0.05, 0.1) is 6.61 Å². The van der Waals surface area contributed by atoms with Gasteiger partial charge in [-0.2, -0.15) is 0 Å². The molecule has 2 aromatic carbocycles. The van der Waals surface area contributed by atoms with Crippen molar-refractivity contribution in [1.29, 1.82) is 0 Å². The van der Waals surface area contributed by atoms with Crippen molar-refractivity contribution >= 4 is 11.8 Å². The number of benzene rings is 2. The summed E-state index contributed by atoms with van der Waals surface area (Å²) in [6.07, 6.45) is -0.347. The summed E-state index contributed by atoms with van der Waals surface area (Å²) in [5.74, 6) is -2.02. The first-order chi connectivity index (χ1) is 10.6. The van der Waals surface area contributed by atoms with Crippen molar-refractivity contribution in [3.8, 4) is 0 Å². The van der Waals surface area contributed by atoms with Crippen molar-refractivity contribution in [1.82, 2.24) is 0 Å². The molecule has 4 heteroatoms. The van der Waals surface area contributed by atoms with E-state index in [1.807, 2.05) is 0 Å². The molecule has 0 bridgehead atoms. The number of ketones is 1. The Morgan fingerprint density at radius 1 is 1.00 bits per heavy atom. The van der Waals surface area contributed by atoms with Crippen LogP contribution in [-0.4, -0.2) is 24.0 Å². The molecule has 0 aliphatic heterocycles. The third-order valence-corrected chi connectivity index (χ3v) is 3.29.